The maximum absolute atomic E-state index is 6.13. The van der Waals surface area contributed by atoms with Gasteiger partial charge in [0, 0.05) is 29.9 Å². The van der Waals surface area contributed by atoms with Gasteiger partial charge in [-0.3, -0.25) is 0 Å². The maximum Gasteiger partial charge on any atom is 0.136 e. The van der Waals surface area contributed by atoms with E-state index in [-0.39, 0.29) is 0 Å². The molecule has 0 spiro atoms. The Morgan fingerprint density at radius 1 is 1.00 bits per heavy atom. The summed E-state index contributed by atoms with van der Waals surface area (Å²) in [4.78, 5) is 11.5. The molecule has 1 N–H and O–H groups in total. The van der Waals surface area contributed by atoms with Gasteiger partial charge < -0.3 is 10.2 Å². The van der Waals surface area contributed by atoms with Crippen molar-refractivity contribution < 1.29 is 0 Å². The fourth-order valence-electron chi connectivity index (χ4n) is 3.34. The van der Waals surface area contributed by atoms with E-state index >= 15 is 0 Å². The summed E-state index contributed by atoms with van der Waals surface area (Å²) < 4.78 is 0. The van der Waals surface area contributed by atoms with Crippen LogP contribution in [0.15, 0.2) is 48.5 Å². The fourth-order valence-corrected chi connectivity index (χ4v) is 3.51. The second kappa shape index (κ2) is 6.96. The molecule has 132 valence electrons. The average molecular weight is 365 g/mol. The summed E-state index contributed by atoms with van der Waals surface area (Å²) in [6.07, 6.45) is 1.04. The Bertz CT molecular complexity index is 954. The van der Waals surface area contributed by atoms with Crippen LogP contribution in [0, 0.1) is 13.8 Å². The van der Waals surface area contributed by atoms with Crippen LogP contribution in [0.5, 0.6) is 0 Å². The molecule has 0 atom stereocenters. The molecule has 0 unspecified atom stereocenters. The van der Waals surface area contributed by atoms with E-state index in [9.17, 15) is 0 Å². The van der Waals surface area contributed by atoms with E-state index in [0.717, 1.165) is 48.2 Å². The second-order valence-electron chi connectivity index (χ2n) is 6.68. The zero-order valence-electron chi connectivity index (χ0n) is 15.0. The zero-order valence-corrected chi connectivity index (χ0v) is 15.7. The summed E-state index contributed by atoms with van der Waals surface area (Å²) in [6, 6.07) is 16.5. The molecule has 0 bridgehead atoms. The van der Waals surface area contributed by atoms with Crippen molar-refractivity contribution in [2.45, 2.75) is 26.8 Å². The summed E-state index contributed by atoms with van der Waals surface area (Å²) in [5, 5.41) is 4.10. The van der Waals surface area contributed by atoms with Gasteiger partial charge in [0.2, 0.25) is 0 Å². The lowest BCUT2D eigenvalue weighted by molar-refractivity contribution is 0.717. The summed E-state index contributed by atoms with van der Waals surface area (Å²) >= 11 is 6.13. The molecular weight excluding hydrogens is 344 g/mol. The topological polar surface area (TPSA) is 41.1 Å². The Morgan fingerprint density at radius 2 is 1.81 bits per heavy atom. The summed E-state index contributed by atoms with van der Waals surface area (Å²) in [5.41, 5.74) is 4.89. The van der Waals surface area contributed by atoms with Gasteiger partial charge in [0.15, 0.2) is 0 Å². The van der Waals surface area contributed by atoms with Gasteiger partial charge in [-0.1, -0.05) is 41.9 Å². The van der Waals surface area contributed by atoms with E-state index in [0.29, 0.717) is 5.02 Å². The molecule has 0 radical (unpaired) electrons. The number of halogens is 1. The summed E-state index contributed by atoms with van der Waals surface area (Å²) in [7, 11) is 0. The molecule has 4 nitrogen and oxygen atoms in total. The van der Waals surface area contributed by atoms with E-state index < -0.39 is 0 Å². The molecule has 0 saturated carbocycles. The molecule has 1 aromatic heterocycles. The van der Waals surface area contributed by atoms with Gasteiger partial charge in [0.25, 0.3) is 0 Å². The van der Waals surface area contributed by atoms with Crippen molar-refractivity contribution in [2.75, 3.05) is 16.8 Å². The number of anilines is 3. The highest BCUT2D eigenvalue weighted by atomic mass is 35.5. The number of fused-ring (bicyclic) bond motifs is 1. The largest absolute Gasteiger partial charge is 0.352 e. The van der Waals surface area contributed by atoms with Crippen LogP contribution in [0.3, 0.4) is 0 Å². The molecular formula is C21H21ClN4. The number of nitrogens with one attached hydrogen (secondary N) is 1. The highest BCUT2D eigenvalue weighted by molar-refractivity contribution is 6.30. The molecule has 3 aromatic rings. The normalized spacial score (nSPS) is 13.4. The van der Waals surface area contributed by atoms with Crippen molar-refractivity contribution >= 4 is 28.9 Å². The number of hydrogen-bond donors (Lipinski definition) is 1. The fraction of sp³-hybridized carbons (Fsp3) is 0.238. The lowest BCUT2D eigenvalue weighted by atomic mass is 10.00. The maximum atomic E-state index is 6.13. The second-order valence-corrected chi connectivity index (χ2v) is 7.12. The first-order valence-corrected chi connectivity index (χ1v) is 9.17. The van der Waals surface area contributed by atoms with E-state index in [1.165, 1.54) is 11.1 Å². The van der Waals surface area contributed by atoms with Crippen LogP contribution in [-0.2, 0) is 13.0 Å². The standard InChI is InChI=1S/C21H21ClN4/c1-14-7-8-18(22)11-19(14)25-20-12-21(24-15(2)23-20)26-10-9-16-5-3-4-6-17(16)13-26/h3-8,11-12H,9-10,13H2,1-2H3,(H,23,24,25). The number of hydrogen-bond acceptors (Lipinski definition) is 4. The van der Waals surface area contributed by atoms with Crippen LogP contribution in [0.4, 0.5) is 17.3 Å². The Labute approximate surface area is 158 Å². The smallest absolute Gasteiger partial charge is 0.136 e. The van der Waals surface area contributed by atoms with Gasteiger partial charge in [-0.15, -0.1) is 0 Å². The van der Waals surface area contributed by atoms with Gasteiger partial charge in [-0.25, -0.2) is 9.97 Å². The molecule has 2 heterocycles. The highest BCUT2D eigenvalue weighted by Crippen LogP contribution is 2.27. The highest BCUT2D eigenvalue weighted by Gasteiger charge is 2.18. The van der Waals surface area contributed by atoms with Crippen LogP contribution in [-0.4, -0.2) is 16.5 Å². The summed E-state index contributed by atoms with van der Waals surface area (Å²) in [5.74, 6) is 2.49. The van der Waals surface area contributed by atoms with Crippen LogP contribution in [0.2, 0.25) is 5.02 Å². The third kappa shape index (κ3) is 3.51. The summed E-state index contributed by atoms with van der Waals surface area (Å²) in [6.45, 7) is 5.82. The Balaban J connectivity index is 1.62. The molecule has 5 heteroatoms. The Hall–Kier alpha value is -2.59. The van der Waals surface area contributed by atoms with Crippen LogP contribution >= 0.6 is 11.6 Å². The quantitative estimate of drug-likeness (QED) is 0.705. The predicted molar refractivity (Wildman–Crippen MR) is 107 cm³/mol. The number of aromatic nitrogens is 2. The van der Waals surface area contributed by atoms with Crippen molar-refractivity contribution in [2.24, 2.45) is 0 Å². The van der Waals surface area contributed by atoms with E-state index in [4.69, 9.17) is 11.6 Å². The van der Waals surface area contributed by atoms with Crippen LogP contribution in [0.25, 0.3) is 0 Å². The molecule has 26 heavy (non-hydrogen) atoms. The minimum absolute atomic E-state index is 0.705. The van der Waals surface area contributed by atoms with Crippen LogP contribution < -0.4 is 10.2 Å². The molecule has 0 amide bonds. The van der Waals surface area contributed by atoms with Gasteiger partial charge >= 0.3 is 0 Å². The van der Waals surface area contributed by atoms with Crippen molar-refractivity contribution in [1.82, 2.24) is 9.97 Å². The third-order valence-corrected chi connectivity index (χ3v) is 4.98. The minimum Gasteiger partial charge on any atom is -0.352 e. The van der Waals surface area contributed by atoms with Gasteiger partial charge in [-0.05, 0) is 49.1 Å². The number of nitrogens with zero attached hydrogens (tertiary/aromatic N) is 3. The molecule has 1 aliphatic rings. The number of aryl methyl sites for hydroxylation is 2. The Morgan fingerprint density at radius 3 is 2.65 bits per heavy atom. The molecule has 0 fully saturated rings. The first-order chi connectivity index (χ1) is 12.6. The molecule has 0 aliphatic carbocycles. The average Bonchev–Trinajstić information content (AvgIpc) is 2.64. The van der Waals surface area contributed by atoms with Gasteiger partial charge in [0.1, 0.15) is 17.5 Å². The van der Waals surface area contributed by atoms with Gasteiger partial charge in [-0.2, -0.15) is 0 Å². The number of rotatable bonds is 3. The minimum atomic E-state index is 0.705. The van der Waals surface area contributed by atoms with E-state index in [1.54, 1.807) is 0 Å². The van der Waals surface area contributed by atoms with Crippen molar-refractivity contribution in [3.63, 3.8) is 0 Å². The zero-order chi connectivity index (χ0) is 18.1. The monoisotopic (exact) mass is 364 g/mol. The molecule has 0 saturated heterocycles. The van der Waals surface area contributed by atoms with Crippen molar-refractivity contribution in [3.05, 3.63) is 76.1 Å². The Kier molecular flexibility index (Phi) is 4.51. The van der Waals surface area contributed by atoms with Crippen molar-refractivity contribution in [3.8, 4) is 0 Å². The van der Waals surface area contributed by atoms with E-state index in [2.05, 4.69) is 51.4 Å². The SMILES string of the molecule is Cc1nc(Nc2cc(Cl)ccc2C)cc(N2CCc3ccccc3C2)n1. The predicted octanol–water partition coefficient (Wildman–Crippen LogP) is 5.05. The molecule has 2 aromatic carbocycles. The lowest BCUT2D eigenvalue weighted by Gasteiger charge is -2.30. The first-order valence-electron chi connectivity index (χ1n) is 8.79. The first kappa shape index (κ1) is 16.9. The molecule has 4 rings (SSSR count). The molecule has 1 aliphatic heterocycles. The van der Waals surface area contributed by atoms with E-state index in [1.807, 2.05) is 31.2 Å². The number of benzene rings is 2. The van der Waals surface area contributed by atoms with Crippen LogP contribution in [0.1, 0.15) is 22.5 Å². The lowest BCUT2D eigenvalue weighted by Crippen LogP contribution is -2.31. The third-order valence-electron chi connectivity index (χ3n) is 4.74. The van der Waals surface area contributed by atoms with Crippen molar-refractivity contribution in [1.29, 1.82) is 0 Å². The van der Waals surface area contributed by atoms with Gasteiger partial charge in [0.05, 0.1) is 0 Å².